The molecule has 3 rings (SSSR count). The van der Waals surface area contributed by atoms with Gasteiger partial charge in [0.05, 0.1) is 4.47 Å². The molecule has 0 spiro atoms. The minimum absolute atomic E-state index is 0.0631. The van der Waals surface area contributed by atoms with Gasteiger partial charge in [-0.3, -0.25) is 9.48 Å². The zero-order chi connectivity index (χ0) is 20.0. The first-order valence-corrected chi connectivity index (χ1v) is 10.8. The van der Waals surface area contributed by atoms with Crippen LogP contribution in [0.25, 0.3) is 0 Å². The lowest BCUT2D eigenvalue weighted by molar-refractivity contribution is -0.142. The lowest BCUT2D eigenvalue weighted by atomic mass is 10.2. The van der Waals surface area contributed by atoms with Crippen LogP contribution in [0, 0.1) is 0 Å². The molecule has 0 aromatic carbocycles. The van der Waals surface area contributed by atoms with Crippen molar-refractivity contribution in [2.75, 3.05) is 26.2 Å². The molecule has 13 heteroatoms. The number of aryl methyl sites for hydroxylation is 1. The predicted octanol–water partition coefficient (Wildman–Crippen LogP) is 2.41. The van der Waals surface area contributed by atoms with Gasteiger partial charge in [-0.2, -0.15) is 22.6 Å². The molecule has 1 saturated heterocycles. The van der Waals surface area contributed by atoms with Gasteiger partial charge in [0, 0.05) is 33.2 Å². The molecule has 0 bridgehead atoms. The number of hydrogen-bond donors (Lipinski definition) is 0. The van der Waals surface area contributed by atoms with Crippen molar-refractivity contribution in [1.29, 1.82) is 0 Å². The van der Waals surface area contributed by atoms with Crippen molar-refractivity contribution >= 4 is 43.2 Å². The number of sulfonamides is 1. The Kier molecular flexibility index (Phi) is 5.40. The molecule has 1 aliphatic heterocycles. The van der Waals surface area contributed by atoms with Crippen LogP contribution in [0.4, 0.5) is 13.2 Å². The summed E-state index contributed by atoms with van der Waals surface area (Å²) >= 11 is 3.92. The van der Waals surface area contributed by atoms with Crippen LogP contribution in [-0.2, 0) is 23.2 Å². The van der Waals surface area contributed by atoms with Crippen LogP contribution in [0.15, 0.2) is 26.2 Å². The van der Waals surface area contributed by atoms with Crippen LogP contribution in [0.3, 0.4) is 0 Å². The van der Waals surface area contributed by atoms with Crippen molar-refractivity contribution in [3.63, 3.8) is 0 Å². The molecule has 27 heavy (non-hydrogen) atoms. The second kappa shape index (κ2) is 7.18. The Morgan fingerprint density at radius 1 is 1.26 bits per heavy atom. The van der Waals surface area contributed by atoms with E-state index in [1.165, 1.54) is 22.3 Å². The highest BCUT2D eigenvalue weighted by atomic mass is 79.9. The highest BCUT2D eigenvalue weighted by molar-refractivity contribution is 9.10. The number of alkyl halides is 3. The summed E-state index contributed by atoms with van der Waals surface area (Å²) < 4.78 is 65.8. The largest absolute Gasteiger partial charge is 0.436 e. The fourth-order valence-corrected chi connectivity index (χ4v) is 6.03. The van der Waals surface area contributed by atoms with Crippen LogP contribution in [-0.4, -0.2) is 59.5 Å². The van der Waals surface area contributed by atoms with Crippen LogP contribution >= 0.6 is 27.3 Å². The lowest BCUT2D eigenvalue weighted by Crippen LogP contribution is -2.50. The van der Waals surface area contributed by atoms with E-state index in [1.54, 1.807) is 11.4 Å². The van der Waals surface area contributed by atoms with E-state index in [0.29, 0.717) is 0 Å². The van der Waals surface area contributed by atoms with Crippen LogP contribution < -0.4 is 0 Å². The number of hydrogen-bond acceptors (Lipinski definition) is 5. The number of aromatic nitrogens is 2. The van der Waals surface area contributed by atoms with E-state index in [0.717, 1.165) is 16.0 Å². The van der Waals surface area contributed by atoms with Gasteiger partial charge in [0.25, 0.3) is 15.9 Å². The van der Waals surface area contributed by atoms with Gasteiger partial charge in [-0.25, -0.2) is 8.42 Å². The summed E-state index contributed by atoms with van der Waals surface area (Å²) in [5, 5.41) is 5.04. The van der Waals surface area contributed by atoms with Crippen LogP contribution in [0.2, 0.25) is 0 Å². The maximum atomic E-state index is 13.0. The first kappa shape index (κ1) is 20.3. The maximum absolute atomic E-state index is 13.0. The molecule has 148 valence electrons. The quantitative estimate of drug-likeness (QED) is 0.667. The average Bonchev–Trinajstić information content (AvgIpc) is 3.23. The van der Waals surface area contributed by atoms with Crippen molar-refractivity contribution in [1.82, 2.24) is 19.0 Å². The minimum Gasteiger partial charge on any atom is -0.335 e. The summed E-state index contributed by atoms with van der Waals surface area (Å²) in [7, 11) is -2.37. The van der Waals surface area contributed by atoms with Gasteiger partial charge in [0.1, 0.15) is 9.90 Å². The molecule has 1 aliphatic rings. The SMILES string of the molecule is Cn1nc(C(F)(F)F)c(Br)c1C(=O)N1CCN(S(=O)(=O)c2cccs2)CC1. The van der Waals surface area contributed by atoms with Crippen molar-refractivity contribution < 1.29 is 26.4 Å². The van der Waals surface area contributed by atoms with Gasteiger partial charge < -0.3 is 4.90 Å². The molecule has 2 aromatic heterocycles. The van der Waals surface area contributed by atoms with Gasteiger partial charge in [0.2, 0.25) is 0 Å². The molecule has 0 unspecified atom stereocenters. The molecule has 0 atom stereocenters. The number of nitrogens with zero attached hydrogens (tertiary/aromatic N) is 4. The molecule has 0 saturated carbocycles. The van der Waals surface area contributed by atoms with Gasteiger partial charge in [-0.15, -0.1) is 11.3 Å². The van der Waals surface area contributed by atoms with E-state index in [-0.39, 0.29) is 36.1 Å². The molecule has 0 N–H and O–H groups in total. The molecule has 0 aliphatic carbocycles. The van der Waals surface area contributed by atoms with Gasteiger partial charge >= 0.3 is 6.18 Å². The van der Waals surface area contributed by atoms with Crippen molar-refractivity contribution in [3.05, 3.63) is 33.4 Å². The number of halogens is 4. The summed E-state index contributed by atoms with van der Waals surface area (Å²) in [5.41, 5.74) is -1.40. The fraction of sp³-hybridized carbons (Fsp3) is 0.429. The number of rotatable bonds is 3. The van der Waals surface area contributed by atoms with E-state index in [1.807, 2.05) is 0 Å². The van der Waals surface area contributed by atoms with Gasteiger partial charge in [-0.05, 0) is 27.4 Å². The molecular formula is C14H14BrF3N4O3S2. The topological polar surface area (TPSA) is 75.5 Å². The summed E-state index contributed by atoms with van der Waals surface area (Å²) in [6.45, 7) is 0.270. The third-order valence-corrected chi connectivity index (χ3v) is 8.10. The van der Waals surface area contributed by atoms with Gasteiger partial charge in [-0.1, -0.05) is 6.07 Å². The summed E-state index contributed by atoms with van der Waals surface area (Å²) in [4.78, 5) is 14.0. The van der Waals surface area contributed by atoms with E-state index in [2.05, 4.69) is 21.0 Å². The van der Waals surface area contributed by atoms with E-state index < -0.39 is 32.3 Å². The molecule has 0 radical (unpaired) electrons. The number of carbonyl (C=O) groups is 1. The highest BCUT2D eigenvalue weighted by Gasteiger charge is 2.40. The molecular weight excluding hydrogens is 473 g/mol. The smallest absolute Gasteiger partial charge is 0.335 e. The second-order valence-corrected chi connectivity index (χ2v) is 9.67. The highest BCUT2D eigenvalue weighted by Crippen LogP contribution is 2.36. The Hall–Kier alpha value is -1.44. The monoisotopic (exact) mass is 486 g/mol. The standard InChI is InChI=1S/C14H14BrF3N4O3S2/c1-20-11(10(15)12(19-20)14(16,17)18)13(23)21-4-6-22(7-5-21)27(24,25)9-3-2-8-26-9/h2-3,8H,4-7H2,1H3. The Labute approximate surface area is 165 Å². The number of thiophene rings is 1. The normalized spacial score (nSPS) is 16.7. The van der Waals surface area contributed by atoms with Crippen molar-refractivity contribution in [2.24, 2.45) is 7.05 Å². The third-order valence-electron chi connectivity index (χ3n) is 4.08. The van der Waals surface area contributed by atoms with Crippen molar-refractivity contribution in [3.8, 4) is 0 Å². The molecule has 7 nitrogen and oxygen atoms in total. The summed E-state index contributed by atoms with van der Waals surface area (Å²) in [5.74, 6) is -0.638. The predicted molar refractivity (Wildman–Crippen MR) is 94.9 cm³/mol. The first-order valence-electron chi connectivity index (χ1n) is 7.66. The Balaban J connectivity index is 1.76. The van der Waals surface area contributed by atoms with E-state index in [9.17, 15) is 26.4 Å². The maximum Gasteiger partial charge on any atom is 0.436 e. The third kappa shape index (κ3) is 3.77. The molecule has 1 fully saturated rings. The Bertz CT molecular complexity index is 949. The van der Waals surface area contributed by atoms with Crippen LogP contribution in [0.1, 0.15) is 16.2 Å². The Morgan fingerprint density at radius 2 is 1.89 bits per heavy atom. The number of carbonyl (C=O) groups excluding carboxylic acids is 1. The minimum atomic E-state index is -4.69. The van der Waals surface area contributed by atoms with E-state index >= 15 is 0 Å². The van der Waals surface area contributed by atoms with E-state index in [4.69, 9.17) is 0 Å². The summed E-state index contributed by atoms with van der Waals surface area (Å²) in [6.07, 6.45) is -4.69. The van der Waals surface area contributed by atoms with Gasteiger partial charge in [0.15, 0.2) is 5.69 Å². The molecule has 2 aromatic rings. The zero-order valence-electron chi connectivity index (χ0n) is 13.9. The fourth-order valence-electron chi connectivity index (χ4n) is 2.73. The second-order valence-electron chi connectivity index (χ2n) is 5.76. The van der Waals surface area contributed by atoms with Crippen molar-refractivity contribution in [2.45, 2.75) is 10.4 Å². The Morgan fingerprint density at radius 3 is 2.37 bits per heavy atom. The molecule has 1 amide bonds. The first-order chi connectivity index (χ1) is 12.5. The lowest BCUT2D eigenvalue weighted by Gasteiger charge is -2.33. The average molecular weight is 487 g/mol. The van der Waals surface area contributed by atoms with Crippen LogP contribution in [0.5, 0.6) is 0 Å². The number of amides is 1. The molecule has 3 heterocycles. The summed E-state index contributed by atoms with van der Waals surface area (Å²) in [6, 6.07) is 3.14. The zero-order valence-corrected chi connectivity index (χ0v) is 17.1. The number of piperazine rings is 1.